The lowest BCUT2D eigenvalue weighted by atomic mass is 10.2. The van der Waals surface area contributed by atoms with Crippen LogP contribution >= 0.6 is 0 Å². The van der Waals surface area contributed by atoms with Crippen molar-refractivity contribution in [3.8, 4) is 0 Å². The molecule has 0 amide bonds. The Labute approximate surface area is 314 Å². The molecule has 2 aromatic heterocycles. The third-order valence-corrected chi connectivity index (χ3v) is 7.90. The summed E-state index contributed by atoms with van der Waals surface area (Å²) in [7, 11) is 10.4. The van der Waals surface area contributed by atoms with E-state index < -0.39 is 0 Å². The number of hydrogen-bond acceptors (Lipinski definition) is 3. The van der Waals surface area contributed by atoms with Gasteiger partial charge in [0, 0.05) is 39.6 Å². The smallest absolute Gasteiger partial charge is 0.0752 e. The normalized spacial score (nSPS) is 9.80. The van der Waals surface area contributed by atoms with Crippen LogP contribution in [0.5, 0.6) is 0 Å². The summed E-state index contributed by atoms with van der Waals surface area (Å²) < 4.78 is 4.61. The molecule has 4 aromatic carbocycles. The first-order chi connectivity index (χ1) is 24.8. The van der Waals surface area contributed by atoms with Gasteiger partial charge in [-0.15, -0.1) is 0 Å². The van der Waals surface area contributed by atoms with Gasteiger partial charge in [0.15, 0.2) is 0 Å². The van der Waals surface area contributed by atoms with E-state index in [4.69, 9.17) is 0 Å². The Morgan fingerprint density at radius 3 is 0.882 bits per heavy atom. The summed E-state index contributed by atoms with van der Waals surface area (Å²) in [5.74, 6) is 0. The lowest BCUT2D eigenvalue weighted by Gasteiger charge is -2.13. The van der Waals surface area contributed by atoms with E-state index in [-0.39, 0.29) is 0 Å². The fourth-order valence-corrected chi connectivity index (χ4v) is 5.23. The van der Waals surface area contributed by atoms with Crippen molar-refractivity contribution in [2.24, 2.45) is 7.05 Å². The minimum absolute atomic E-state index is 0.911. The van der Waals surface area contributed by atoms with Crippen LogP contribution in [-0.2, 0) is 13.7 Å². The molecule has 0 radical (unpaired) electrons. The van der Waals surface area contributed by atoms with Crippen LogP contribution in [0.2, 0.25) is 0 Å². The highest BCUT2D eigenvalue weighted by atomic mass is 15.2. The monoisotopic (exact) mass is 700 g/mol. The predicted octanol–water partition coefficient (Wildman–Crippen LogP) is 12.7. The Morgan fingerprint density at radius 1 is 0.392 bits per heavy atom. The predicted molar refractivity (Wildman–Crippen MR) is 237 cm³/mol. The van der Waals surface area contributed by atoms with Gasteiger partial charge in [0.2, 0.25) is 0 Å². The maximum atomic E-state index is 2.38. The molecular formula is C46H77N5. The third-order valence-electron chi connectivity index (χ3n) is 7.90. The number of hydrogen-bond donors (Lipinski definition) is 0. The fourth-order valence-electron chi connectivity index (χ4n) is 5.23. The summed E-state index contributed by atoms with van der Waals surface area (Å²) in [4.78, 5) is 6.69. The van der Waals surface area contributed by atoms with Gasteiger partial charge in [0.1, 0.15) is 0 Å². The van der Waals surface area contributed by atoms with Gasteiger partial charge in [-0.3, -0.25) is 4.90 Å². The summed E-state index contributed by atoms with van der Waals surface area (Å²) in [5, 5.41) is 5.35. The number of fused-ring (bicyclic) bond motifs is 6. The molecule has 0 fully saturated rings. The molecule has 0 aliphatic carbocycles. The topological polar surface area (TPSA) is 19.6 Å². The van der Waals surface area contributed by atoms with Gasteiger partial charge in [0.25, 0.3) is 0 Å². The molecule has 0 aliphatic heterocycles. The lowest BCUT2D eigenvalue weighted by molar-refractivity contribution is 0.321. The maximum absolute atomic E-state index is 2.38. The fraction of sp³-hybridized carbons (Fsp3) is 0.478. The molecule has 0 saturated heterocycles. The van der Waals surface area contributed by atoms with Gasteiger partial charge >= 0.3 is 0 Å². The molecule has 5 heteroatoms. The maximum Gasteiger partial charge on any atom is 0.0752 e. The van der Waals surface area contributed by atoms with Crippen molar-refractivity contribution in [1.82, 2.24) is 23.8 Å². The molecule has 0 atom stereocenters. The summed E-state index contributed by atoms with van der Waals surface area (Å²) in [6.45, 7) is 30.3. The molecule has 6 aromatic rings. The van der Waals surface area contributed by atoms with Crippen molar-refractivity contribution in [2.75, 3.05) is 54.4 Å². The first kappa shape index (κ1) is 49.5. The number of rotatable bonds is 6. The number of aromatic nitrogens is 2. The summed E-state index contributed by atoms with van der Waals surface area (Å²) in [6.07, 6.45) is 0. The van der Waals surface area contributed by atoms with E-state index in [1.165, 1.54) is 63.2 Å². The van der Waals surface area contributed by atoms with E-state index in [0.717, 1.165) is 13.2 Å². The second kappa shape index (κ2) is 30.0. The zero-order chi connectivity index (χ0) is 39.4. The lowest BCUT2D eigenvalue weighted by Crippen LogP contribution is -2.21. The van der Waals surface area contributed by atoms with Crippen LogP contribution in [0.1, 0.15) is 83.1 Å². The highest BCUT2D eigenvalue weighted by molar-refractivity contribution is 6.08. The Kier molecular flexibility index (Phi) is 29.1. The Bertz CT molecular complexity index is 1560. The van der Waals surface area contributed by atoms with E-state index in [0.29, 0.717) is 0 Å². The Hall–Kier alpha value is -3.64. The van der Waals surface area contributed by atoms with Gasteiger partial charge in [-0.2, -0.15) is 0 Å². The summed E-state index contributed by atoms with van der Waals surface area (Å²) in [6, 6.07) is 34.2. The third kappa shape index (κ3) is 15.6. The summed E-state index contributed by atoms with van der Waals surface area (Å²) >= 11 is 0. The van der Waals surface area contributed by atoms with E-state index in [9.17, 15) is 0 Å². The first-order valence-corrected chi connectivity index (χ1v) is 19.7. The molecule has 51 heavy (non-hydrogen) atoms. The molecule has 5 nitrogen and oxygen atoms in total. The number of nitrogens with zero attached hydrogens (tertiary/aromatic N) is 5. The van der Waals surface area contributed by atoms with Gasteiger partial charge in [0.05, 0.1) is 17.7 Å². The van der Waals surface area contributed by atoms with Crippen LogP contribution in [0, 0.1) is 0 Å². The van der Waals surface area contributed by atoms with Crippen LogP contribution in [0.4, 0.5) is 0 Å². The largest absolute Gasteiger partial charge is 0.344 e. The molecule has 0 bridgehead atoms. The Balaban J connectivity index is 0. The molecule has 0 spiro atoms. The van der Waals surface area contributed by atoms with Crippen molar-refractivity contribution in [2.45, 2.75) is 89.8 Å². The SMILES string of the molecule is CC.CC.CC.CC.CCN(C)C.CCN(CC)CC.CN(C)Cn1c2ccccc2c2ccccc21.Cn1c2ccccc2c2ccccc21. The van der Waals surface area contributed by atoms with Gasteiger partial charge < -0.3 is 18.9 Å². The minimum Gasteiger partial charge on any atom is -0.344 e. The van der Waals surface area contributed by atoms with Gasteiger partial charge in [-0.25, -0.2) is 0 Å². The van der Waals surface area contributed by atoms with Crippen molar-refractivity contribution in [3.05, 3.63) is 97.1 Å². The van der Waals surface area contributed by atoms with E-state index in [1.807, 2.05) is 55.4 Å². The van der Waals surface area contributed by atoms with Crippen LogP contribution in [0.25, 0.3) is 43.6 Å². The standard InChI is InChI=1S/C15H16N2.C13H11N.C6H15N.C4H11N.4C2H6/c1-16(2)11-17-14-9-5-3-7-12(14)13-8-4-6-10-15(13)17;1-14-12-8-4-2-6-10(12)11-7-3-5-9-13(11)14;1-4-7(5-2)6-3;1-4-5(2)3;4*1-2/h3-10H,11H2,1-2H3;2-9H,1H3;4-6H2,1-3H3;4H2,1-3H3;4*1-2H3. The Morgan fingerprint density at radius 2 is 0.647 bits per heavy atom. The summed E-state index contributed by atoms with van der Waals surface area (Å²) in [5.41, 5.74) is 5.22. The molecular weight excluding hydrogens is 623 g/mol. The van der Waals surface area contributed by atoms with Gasteiger partial charge in [-0.05, 0) is 78.6 Å². The van der Waals surface area contributed by atoms with Crippen LogP contribution in [0.15, 0.2) is 97.1 Å². The van der Waals surface area contributed by atoms with Gasteiger partial charge in [-0.1, -0.05) is 156 Å². The number of benzene rings is 4. The molecule has 0 saturated carbocycles. The zero-order valence-corrected chi connectivity index (χ0v) is 36.0. The average molecular weight is 700 g/mol. The molecule has 286 valence electrons. The zero-order valence-electron chi connectivity index (χ0n) is 36.0. The van der Waals surface area contributed by atoms with Crippen LogP contribution < -0.4 is 0 Å². The van der Waals surface area contributed by atoms with Crippen molar-refractivity contribution < 1.29 is 0 Å². The average Bonchev–Trinajstić information content (AvgIpc) is 3.67. The quantitative estimate of drug-likeness (QED) is 0.173. The van der Waals surface area contributed by atoms with E-state index >= 15 is 0 Å². The van der Waals surface area contributed by atoms with Crippen molar-refractivity contribution >= 4 is 43.6 Å². The highest BCUT2D eigenvalue weighted by Gasteiger charge is 2.09. The van der Waals surface area contributed by atoms with Crippen LogP contribution in [0.3, 0.4) is 0 Å². The first-order valence-electron chi connectivity index (χ1n) is 19.7. The molecule has 0 N–H and O–H groups in total. The number of aryl methyl sites for hydroxylation is 1. The molecule has 6 rings (SSSR count). The van der Waals surface area contributed by atoms with E-state index in [1.54, 1.807) is 0 Å². The highest BCUT2D eigenvalue weighted by Crippen LogP contribution is 2.29. The van der Waals surface area contributed by atoms with E-state index in [2.05, 4.69) is 184 Å². The molecule has 2 heterocycles. The van der Waals surface area contributed by atoms with Crippen LogP contribution in [-0.4, -0.2) is 78.2 Å². The van der Waals surface area contributed by atoms with Crippen molar-refractivity contribution in [3.63, 3.8) is 0 Å². The second-order valence-electron chi connectivity index (χ2n) is 11.3. The second-order valence-corrected chi connectivity index (χ2v) is 11.3. The number of para-hydroxylation sites is 4. The van der Waals surface area contributed by atoms with Crippen molar-refractivity contribution in [1.29, 1.82) is 0 Å². The molecule has 0 aliphatic rings. The molecule has 0 unspecified atom stereocenters. The minimum atomic E-state index is 0.911.